The van der Waals surface area contributed by atoms with Gasteiger partial charge in [-0.1, -0.05) is 28.9 Å². The quantitative estimate of drug-likeness (QED) is 0.913. The number of benzene rings is 1. The monoisotopic (exact) mass is 324 g/mol. The number of aromatic nitrogens is 1. The van der Waals surface area contributed by atoms with Crippen LogP contribution in [0.2, 0.25) is 0 Å². The van der Waals surface area contributed by atoms with Crippen LogP contribution in [0.4, 0.5) is 0 Å². The smallest absolute Gasteiger partial charge is 0.124 e. The van der Waals surface area contributed by atoms with E-state index in [0.29, 0.717) is 0 Å². The molecule has 18 heavy (non-hydrogen) atoms. The third-order valence-corrected chi connectivity index (χ3v) is 4.49. The topological polar surface area (TPSA) is 24.9 Å². The van der Waals surface area contributed by atoms with Crippen molar-refractivity contribution in [1.82, 2.24) is 10.3 Å². The lowest BCUT2D eigenvalue weighted by molar-refractivity contribution is 0.815. The molecule has 0 amide bonds. The second-order valence-corrected chi connectivity index (χ2v) is 6.23. The average molecular weight is 325 g/mol. The van der Waals surface area contributed by atoms with Crippen molar-refractivity contribution in [2.24, 2.45) is 0 Å². The van der Waals surface area contributed by atoms with Crippen LogP contribution in [0.15, 0.2) is 22.7 Å². The Hall–Kier alpha value is -0.710. The average Bonchev–Trinajstić information content (AvgIpc) is 2.72. The summed E-state index contributed by atoms with van der Waals surface area (Å²) < 4.78 is 1.12. The highest BCUT2D eigenvalue weighted by atomic mass is 79.9. The van der Waals surface area contributed by atoms with Crippen LogP contribution >= 0.6 is 27.3 Å². The second-order valence-electron chi connectivity index (χ2n) is 4.23. The number of nitrogens with one attached hydrogen (secondary N) is 1. The van der Waals surface area contributed by atoms with E-state index in [-0.39, 0.29) is 0 Å². The lowest BCUT2D eigenvalue weighted by atomic mass is 10.1. The van der Waals surface area contributed by atoms with Gasteiger partial charge in [0.2, 0.25) is 0 Å². The van der Waals surface area contributed by atoms with E-state index in [1.54, 1.807) is 11.3 Å². The third-order valence-electron chi connectivity index (χ3n) is 2.87. The van der Waals surface area contributed by atoms with Gasteiger partial charge in [0.25, 0.3) is 0 Å². The van der Waals surface area contributed by atoms with Gasteiger partial charge in [0.05, 0.1) is 5.69 Å². The fourth-order valence-electron chi connectivity index (χ4n) is 1.94. The van der Waals surface area contributed by atoms with Crippen LogP contribution in [-0.2, 0) is 13.0 Å². The van der Waals surface area contributed by atoms with Gasteiger partial charge < -0.3 is 5.32 Å². The van der Waals surface area contributed by atoms with E-state index >= 15 is 0 Å². The molecule has 0 aliphatic carbocycles. The van der Waals surface area contributed by atoms with Gasteiger partial charge in [-0.2, -0.15) is 0 Å². The Balaban J connectivity index is 2.44. The van der Waals surface area contributed by atoms with Gasteiger partial charge in [-0.15, -0.1) is 11.3 Å². The first-order chi connectivity index (χ1) is 8.65. The fourth-order valence-corrected chi connectivity index (χ4v) is 3.67. The minimum absolute atomic E-state index is 0.899. The first-order valence-corrected chi connectivity index (χ1v) is 7.66. The van der Waals surface area contributed by atoms with E-state index in [2.05, 4.69) is 53.3 Å². The molecule has 0 aliphatic rings. The Morgan fingerprint density at radius 1 is 1.39 bits per heavy atom. The van der Waals surface area contributed by atoms with Crippen molar-refractivity contribution < 1.29 is 0 Å². The largest absolute Gasteiger partial charge is 0.315 e. The minimum atomic E-state index is 0.899. The molecule has 2 rings (SSSR count). The molecule has 1 aromatic carbocycles. The highest BCUT2D eigenvalue weighted by Crippen LogP contribution is 2.31. The normalized spacial score (nSPS) is 10.9. The molecule has 0 bridgehead atoms. The Morgan fingerprint density at radius 3 is 2.78 bits per heavy atom. The van der Waals surface area contributed by atoms with E-state index in [9.17, 15) is 0 Å². The van der Waals surface area contributed by atoms with Crippen LogP contribution in [0.3, 0.4) is 0 Å². The van der Waals surface area contributed by atoms with Gasteiger partial charge in [-0.3, -0.25) is 0 Å². The van der Waals surface area contributed by atoms with Crippen LogP contribution in [0, 0.1) is 6.92 Å². The molecule has 2 nitrogen and oxygen atoms in total. The molecule has 0 radical (unpaired) electrons. The lowest BCUT2D eigenvalue weighted by Gasteiger charge is -2.02. The summed E-state index contributed by atoms with van der Waals surface area (Å²) in [6.45, 7) is 5.19. The summed E-state index contributed by atoms with van der Waals surface area (Å²) in [7, 11) is 1.98. The first-order valence-electron chi connectivity index (χ1n) is 6.05. The zero-order valence-corrected chi connectivity index (χ0v) is 13.3. The highest BCUT2D eigenvalue weighted by Gasteiger charge is 2.12. The van der Waals surface area contributed by atoms with Crippen LogP contribution in [0.5, 0.6) is 0 Å². The molecule has 2 aromatic rings. The van der Waals surface area contributed by atoms with Crippen molar-refractivity contribution in [3.63, 3.8) is 0 Å². The molecule has 0 saturated heterocycles. The van der Waals surface area contributed by atoms with Crippen LogP contribution in [0.25, 0.3) is 10.6 Å². The van der Waals surface area contributed by atoms with Crippen LogP contribution < -0.4 is 5.32 Å². The third kappa shape index (κ3) is 2.82. The summed E-state index contributed by atoms with van der Waals surface area (Å²) in [4.78, 5) is 6.12. The number of halogens is 1. The molecule has 0 saturated carbocycles. The van der Waals surface area contributed by atoms with Crippen molar-refractivity contribution >= 4 is 27.3 Å². The molecule has 0 fully saturated rings. The van der Waals surface area contributed by atoms with Gasteiger partial charge in [0.1, 0.15) is 5.01 Å². The summed E-state index contributed by atoms with van der Waals surface area (Å²) in [6.07, 6.45) is 0.989. The Kier molecular flexibility index (Phi) is 4.54. The predicted molar refractivity (Wildman–Crippen MR) is 82.1 cm³/mol. The number of hydrogen-bond donors (Lipinski definition) is 1. The standard InChI is InChI=1S/C14H17BrN2S/c1-4-12-13(8-16-3)18-14(17-12)11-6-5-10(15)7-9(11)2/h5-7,16H,4,8H2,1-3H3. The summed E-state index contributed by atoms with van der Waals surface area (Å²) in [5.41, 5.74) is 3.71. The molecule has 0 aliphatic heterocycles. The molecule has 0 unspecified atom stereocenters. The molecule has 1 heterocycles. The van der Waals surface area contributed by atoms with Crippen molar-refractivity contribution in [2.75, 3.05) is 7.05 Å². The summed E-state index contributed by atoms with van der Waals surface area (Å²) in [6, 6.07) is 6.36. The van der Waals surface area contributed by atoms with Gasteiger partial charge in [-0.05, 0) is 38.1 Å². The van der Waals surface area contributed by atoms with Gasteiger partial charge in [0.15, 0.2) is 0 Å². The zero-order chi connectivity index (χ0) is 13.1. The van der Waals surface area contributed by atoms with Crippen molar-refractivity contribution in [3.05, 3.63) is 38.8 Å². The molecule has 1 N–H and O–H groups in total. The minimum Gasteiger partial charge on any atom is -0.315 e. The number of hydrogen-bond acceptors (Lipinski definition) is 3. The Morgan fingerprint density at radius 2 is 2.17 bits per heavy atom. The van der Waals surface area contributed by atoms with Crippen molar-refractivity contribution in [1.29, 1.82) is 0 Å². The molecular formula is C14H17BrN2S. The predicted octanol–water partition coefficient (Wildman–Crippen LogP) is 4.16. The maximum absolute atomic E-state index is 4.77. The van der Waals surface area contributed by atoms with E-state index in [1.165, 1.54) is 21.7 Å². The zero-order valence-electron chi connectivity index (χ0n) is 10.9. The Bertz CT molecular complexity index is 549. The summed E-state index contributed by atoms with van der Waals surface area (Å²) in [5.74, 6) is 0. The number of rotatable bonds is 4. The SMILES string of the molecule is CCc1nc(-c2ccc(Br)cc2C)sc1CNC. The molecule has 0 atom stereocenters. The second kappa shape index (κ2) is 5.95. The van der Waals surface area contributed by atoms with E-state index in [0.717, 1.165) is 22.4 Å². The maximum atomic E-state index is 4.77. The lowest BCUT2D eigenvalue weighted by Crippen LogP contribution is -2.05. The number of aryl methyl sites for hydroxylation is 2. The van der Waals surface area contributed by atoms with Crippen molar-refractivity contribution in [2.45, 2.75) is 26.8 Å². The maximum Gasteiger partial charge on any atom is 0.124 e. The molecule has 1 aromatic heterocycles. The Labute approximate surface area is 121 Å². The van der Waals surface area contributed by atoms with Gasteiger partial charge in [-0.25, -0.2) is 4.98 Å². The molecule has 4 heteroatoms. The van der Waals surface area contributed by atoms with E-state index in [1.807, 2.05) is 7.05 Å². The number of thiazole rings is 1. The van der Waals surface area contributed by atoms with Gasteiger partial charge >= 0.3 is 0 Å². The summed E-state index contributed by atoms with van der Waals surface area (Å²) >= 11 is 5.29. The van der Waals surface area contributed by atoms with Crippen LogP contribution in [-0.4, -0.2) is 12.0 Å². The summed E-state index contributed by atoms with van der Waals surface area (Å²) in [5, 5.41) is 4.34. The first kappa shape index (κ1) is 13.7. The molecule has 0 spiro atoms. The molecular weight excluding hydrogens is 308 g/mol. The highest BCUT2D eigenvalue weighted by molar-refractivity contribution is 9.10. The van der Waals surface area contributed by atoms with Crippen LogP contribution in [0.1, 0.15) is 23.1 Å². The fraction of sp³-hybridized carbons (Fsp3) is 0.357. The van der Waals surface area contributed by atoms with Gasteiger partial charge in [0, 0.05) is 21.5 Å². The van der Waals surface area contributed by atoms with E-state index in [4.69, 9.17) is 4.98 Å². The van der Waals surface area contributed by atoms with E-state index < -0.39 is 0 Å². The molecule has 96 valence electrons. The van der Waals surface area contributed by atoms with Crippen molar-refractivity contribution in [3.8, 4) is 10.6 Å². The number of nitrogens with zero attached hydrogens (tertiary/aromatic N) is 1.